The topological polar surface area (TPSA) is 96.4 Å². The van der Waals surface area contributed by atoms with Gasteiger partial charge in [-0.2, -0.15) is 0 Å². The number of amides is 2. The van der Waals surface area contributed by atoms with Gasteiger partial charge in [0.25, 0.3) is 5.91 Å². The van der Waals surface area contributed by atoms with Crippen molar-refractivity contribution < 1.29 is 29.0 Å². The van der Waals surface area contributed by atoms with Crippen LogP contribution in [0.2, 0.25) is 0 Å². The van der Waals surface area contributed by atoms with E-state index in [2.05, 4.69) is 13.2 Å². The molecular formula is C37H40N2O6. The number of hydrogen-bond donors (Lipinski definition) is 1. The second-order valence-corrected chi connectivity index (χ2v) is 12.2. The molecule has 6 rings (SSSR count). The fourth-order valence-electron chi connectivity index (χ4n) is 7.61. The third-order valence-electron chi connectivity index (χ3n) is 9.58. The molecule has 3 aliphatic heterocycles. The molecule has 2 amide bonds. The first-order valence-electron chi connectivity index (χ1n) is 15.8. The fourth-order valence-corrected chi connectivity index (χ4v) is 7.61. The molecule has 1 spiro atoms. The normalized spacial score (nSPS) is 25.6. The Bertz CT molecular complexity index is 1590. The van der Waals surface area contributed by atoms with E-state index in [1.54, 1.807) is 17.1 Å². The number of anilines is 1. The van der Waals surface area contributed by atoms with Crippen LogP contribution in [0.15, 0.2) is 98.1 Å². The Morgan fingerprint density at radius 3 is 2.56 bits per heavy atom. The van der Waals surface area contributed by atoms with Gasteiger partial charge in [-0.25, -0.2) is 0 Å². The molecule has 1 N–H and O–H groups in total. The number of rotatable bonds is 13. The lowest BCUT2D eigenvalue weighted by molar-refractivity contribution is -0.155. The van der Waals surface area contributed by atoms with Crippen LogP contribution in [0.25, 0.3) is 10.8 Å². The van der Waals surface area contributed by atoms with Crippen molar-refractivity contribution in [1.29, 1.82) is 0 Å². The first-order chi connectivity index (χ1) is 21.9. The lowest BCUT2D eigenvalue weighted by Gasteiger charge is -2.39. The number of carbonyl (C=O) groups is 3. The van der Waals surface area contributed by atoms with Crippen molar-refractivity contribution in [2.75, 3.05) is 24.7 Å². The van der Waals surface area contributed by atoms with E-state index in [1.165, 1.54) is 4.90 Å². The minimum absolute atomic E-state index is 0.205. The van der Waals surface area contributed by atoms with Crippen molar-refractivity contribution in [3.63, 3.8) is 0 Å². The minimum Gasteiger partial charge on any atom is -0.465 e. The maximum absolute atomic E-state index is 14.9. The van der Waals surface area contributed by atoms with E-state index in [1.807, 2.05) is 72.8 Å². The van der Waals surface area contributed by atoms with Crippen LogP contribution in [-0.4, -0.2) is 71.3 Å². The molecule has 6 atom stereocenters. The van der Waals surface area contributed by atoms with Gasteiger partial charge >= 0.3 is 5.97 Å². The molecule has 0 aliphatic carbocycles. The Hall–Kier alpha value is -4.27. The quantitative estimate of drug-likeness (QED) is 0.169. The van der Waals surface area contributed by atoms with Gasteiger partial charge in [-0.1, -0.05) is 72.8 Å². The highest BCUT2D eigenvalue weighted by Crippen LogP contribution is 2.59. The van der Waals surface area contributed by atoms with Crippen LogP contribution < -0.4 is 4.90 Å². The summed E-state index contributed by atoms with van der Waals surface area (Å²) >= 11 is 0. The molecule has 45 heavy (non-hydrogen) atoms. The number of nitrogens with zero attached hydrogens (tertiary/aromatic N) is 2. The Labute approximate surface area is 263 Å². The summed E-state index contributed by atoms with van der Waals surface area (Å²) in [6.45, 7) is 7.70. The molecule has 2 bridgehead atoms. The third kappa shape index (κ3) is 5.47. The second kappa shape index (κ2) is 13.0. The number of unbranched alkanes of at least 4 members (excludes halogenated alkanes) is 1. The number of allylic oxidation sites excluding steroid dienone is 1. The molecule has 3 heterocycles. The van der Waals surface area contributed by atoms with Crippen LogP contribution in [0, 0.1) is 11.8 Å². The monoisotopic (exact) mass is 608 g/mol. The number of carbonyl (C=O) groups excluding carboxylic acids is 3. The van der Waals surface area contributed by atoms with E-state index in [4.69, 9.17) is 9.47 Å². The fraction of sp³-hybridized carbons (Fsp3) is 0.378. The Balaban J connectivity index is 1.41. The molecule has 2 unspecified atom stereocenters. The maximum atomic E-state index is 14.9. The number of hydrogen-bond acceptors (Lipinski definition) is 6. The summed E-state index contributed by atoms with van der Waals surface area (Å²) in [5.74, 6) is -2.86. The predicted molar refractivity (Wildman–Crippen MR) is 172 cm³/mol. The molecule has 3 fully saturated rings. The van der Waals surface area contributed by atoms with Crippen molar-refractivity contribution in [2.45, 2.75) is 55.9 Å². The van der Waals surface area contributed by atoms with Crippen LogP contribution in [0.5, 0.6) is 0 Å². The number of aliphatic hydroxyl groups excluding tert-OH is 1. The SMILES string of the molecule is C=CCCCOC(=O)[C@@H]1[C@H]2C(=O)N([C@@H](CO)Cc3ccccc3)C(C(=O)N(CC=C)c3ccc4ccccc4c3)C23CC[C@H]1O3. The molecule has 3 aliphatic rings. The van der Waals surface area contributed by atoms with Gasteiger partial charge in [0.05, 0.1) is 37.2 Å². The predicted octanol–water partition coefficient (Wildman–Crippen LogP) is 4.85. The van der Waals surface area contributed by atoms with E-state index in [9.17, 15) is 19.5 Å². The number of ether oxygens (including phenoxy) is 2. The zero-order valence-corrected chi connectivity index (χ0v) is 25.4. The van der Waals surface area contributed by atoms with Gasteiger partial charge in [0.1, 0.15) is 11.6 Å². The van der Waals surface area contributed by atoms with E-state index >= 15 is 0 Å². The summed E-state index contributed by atoms with van der Waals surface area (Å²) in [6, 6.07) is 21.6. The Morgan fingerprint density at radius 1 is 1.07 bits per heavy atom. The van der Waals surface area contributed by atoms with Gasteiger partial charge in [0.2, 0.25) is 5.91 Å². The largest absolute Gasteiger partial charge is 0.465 e. The lowest BCUT2D eigenvalue weighted by atomic mass is 9.70. The van der Waals surface area contributed by atoms with Crippen LogP contribution in [0.4, 0.5) is 5.69 Å². The average Bonchev–Trinajstić information content (AvgIpc) is 3.72. The lowest BCUT2D eigenvalue weighted by Crippen LogP contribution is -2.59. The number of benzene rings is 3. The molecule has 8 nitrogen and oxygen atoms in total. The van der Waals surface area contributed by atoms with E-state index in [-0.39, 0.29) is 31.6 Å². The number of likely N-dealkylation sites (tertiary alicyclic amines) is 1. The highest BCUT2D eigenvalue weighted by atomic mass is 16.6. The minimum atomic E-state index is -1.22. The molecule has 0 aromatic heterocycles. The zero-order valence-electron chi connectivity index (χ0n) is 25.4. The number of aliphatic hydroxyl groups is 1. The van der Waals surface area contributed by atoms with Crippen LogP contribution >= 0.6 is 0 Å². The highest BCUT2D eigenvalue weighted by Gasteiger charge is 2.75. The van der Waals surface area contributed by atoms with Gasteiger partial charge in [0, 0.05) is 12.2 Å². The molecule has 234 valence electrons. The summed E-state index contributed by atoms with van der Waals surface area (Å²) in [5, 5.41) is 12.8. The van der Waals surface area contributed by atoms with Crippen molar-refractivity contribution in [2.24, 2.45) is 11.8 Å². The van der Waals surface area contributed by atoms with E-state index in [0.717, 1.165) is 16.3 Å². The molecule has 3 aromatic rings. The van der Waals surface area contributed by atoms with Crippen molar-refractivity contribution in [3.05, 3.63) is 104 Å². The Kier molecular flexibility index (Phi) is 8.88. The molecule has 3 saturated heterocycles. The summed E-state index contributed by atoms with van der Waals surface area (Å²) < 4.78 is 12.3. The number of esters is 1. The van der Waals surface area contributed by atoms with E-state index in [0.29, 0.717) is 37.8 Å². The highest BCUT2D eigenvalue weighted by molar-refractivity contribution is 6.05. The van der Waals surface area contributed by atoms with Gasteiger partial charge in [-0.3, -0.25) is 14.4 Å². The van der Waals surface area contributed by atoms with Crippen LogP contribution in [-0.2, 0) is 30.3 Å². The van der Waals surface area contributed by atoms with Gasteiger partial charge in [-0.05, 0) is 60.6 Å². The summed E-state index contributed by atoms with van der Waals surface area (Å²) in [6.07, 6.45) is 5.58. The summed E-state index contributed by atoms with van der Waals surface area (Å²) in [7, 11) is 0. The standard InChI is InChI=1S/C37H40N2O6/c1-3-5-11-21-44-36(43)31-30-18-19-37(45-30)32(31)34(41)39(29(24-40)22-25-12-7-6-8-13-25)33(37)35(42)38(20-4-2)28-17-16-26-14-9-10-15-27(26)23-28/h3-4,6-10,12-17,23,29-33,40H,1-2,5,11,18-22,24H2/t29-,30-,31+,32+,33?,37?/m1/s1. The van der Waals surface area contributed by atoms with Crippen molar-refractivity contribution in [3.8, 4) is 0 Å². The van der Waals surface area contributed by atoms with Gasteiger partial charge in [-0.15, -0.1) is 13.2 Å². The maximum Gasteiger partial charge on any atom is 0.312 e. The molecule has 3 aromatic carbocycles. The number of fused-ring (bicyclic) bond motifs is 2. The zero-order chi connectivity index (χ0) is 31.6. The Morgan fingerprint density at radius 2 is 1.82 bits per heavy atom. The smallest absolute Gasteiger partial charge is 0.312 e. The second-order valence-electron chi connectivity index (χ2n) is 12.2. The van der Waals surface area contributed by atoms with Crippen molar-refractivity contribution in [1.82, 2.24) is 4.90 Å². The third-order valence-corrected chi connectivity index (χ3v) is 9.58. The van der Waals surface area contributed by atoms with E-state index < -0.39 is 41.6 Å². The molecule has 8 heteroatoms. The summed E-state index contributed by atoms with van der Waals surface area (Å²) in [4.78, 5) is 46.2. The first kappa shape index (κ1) is 30.7. The van der Waals surface area contributed by atoms with Crippen molar-refractivity contribution >= 4 is 34.2 Å². The molecule has 0 radical (unpaired) electrons. The first-order valence-corrected chi connectivity index (χ1v) is 15.8. The molecular weight excluding hydrogens is 568 g/mol. The summed E-state index contributed by atoms with van der Waals surface area (Å²) in [5.41, 5.74) is 0.371. The molecule has 0 saturated carbocycles. The average molecular weight is 609 g/mol. The van der Waals surface area contributed by atoms with Gasteiger partial charge in [0.15, 0.2) is 0 Å². The van der Waals surface area contributed by atoms with Gasteiger partial charge < -0.3 is 24.4 Å². The van der Waals surface area contributed by atoms with Crippen LogP contribution in [0.3, 0.4) is 0 Å². The van der Waals surface area contributed by atoms with Crippen LogP contribution in [0.1, 0.15) is 31.2 Å².